The van der Waals surface area contributed by atoms with Gasteiger partial charge in [-0.1, -0.05) is 17.7 Å². The van der Waals surface area contributed by atoms with Crippen molar-refractivity contribution < 1.29 is 14.3 Å². The quantitative estimate of drug-likeness (QED) is 0.844. The molecule has 0 fully saturated rings. The van der Waals surface area contributed by atoms with Crippen LogP contribution in [-0.2, 0) is 11.2 Å². The zero-order valence-corrected chi connectivity index (χ0v) is 14.5. The van der Waals surface area contributed by atoms with Crippen LogP contribution in [0, 0.1) is 0 Å². The lowest BCUT2D eigenvalue weighted by Gasteiger charge is -2.35. The summed E-state index contributed by atoms with van der Waals surface area (Å²) in [6, 6.07) is 13.1. The molecule has 0 aromatic heterocycles. The normalized spacial score (nSPS) is 16.5. The van der Waals surface area contributed by atoms with Crippen molar-refractivity contribution in [3.8, 4) is 11.5 Å². The maximum atomic E-state index is 12.6. The number of halogens is 1. The van der Waals surface area contributed by atoms with E-state index in [0.717, 1.165) is 17.7 Å². The van der Waals surface area contributed by atoms with Gasteiger partial charge < -0.3 is 14.4 Å². The second-order valence-electron chi connectivity index (χ2n) is 5.82. The Bertz CT molecular complexity index is 730. The topological polar surface area (TPSA) is 38.8 Å². The number of hydrogen-bond donors (Lipinski definition) is 0. The highest BCUT2D eigenvalue weighted by Crippen LogP contribution is 2.32. The zero-order valence-electron chi connectivity index (χ0n) is 13.8. The van der Waals surface area contributed by atoms with E-state index in [0.29, 0.717) is 17.3 Å². The van der Waals surface area contributed by atoms with E-state index in [1.54, 1.807) is 31.4 Å². The highest BCUT2D eigenvalue weighted by molar-refractivity contribution is 6.30. The van der Waals surface area contributed by atoms with Gasteiger partial charge in [0.05, 0.1) is 13.2 Å². The smallest absolute Gasteiger partial charge is 0.261 e. The molecule has 1 atom stereocenters. The summed E-state index contributed by atoms with van der Waals surface area (Å²) in [6.07, 6.45) is 0.844. The van der Waals surface area contributed by atoms with Gasteiger partial charge in [-0.25, -0.2) is 0 Å². The Labute approximate surface area is 146 Å². The molecule has 0 spiro atoms. The van der Waals surface area contributed by atoms with E-state index in [2.05, 4.69) is 6.07 Å². The van der Waals surface area contributed by atoms with E-state index >= 15 is 0 Å². The Kier molecular flexibility index (Phi) is 4.95. The Balaban J connectivity index is 1.68. The van der Waals surface area contributed by atoms with Crippen molar-refractivity contribution in [2.75, 3.05) is 20.3 Å². The van der Waals surface area contributed by atoms with Crippen molar-refractivity contribution in [3.63, 3.8) is 0 Å². The average molecular weight is 346 g/mol. The molecule has 24 heavy (non-hydrogen) atoms. The van der Waals surface area contributed by atoms with Crippen LogP contribution >= 0.6 is 11.6 Å². The molecule has 1 unspecified atom stereocenters. The summed E-state index contributed by atoms with van der Waals surface area (Å²) in [5, 5.41) is 0.642. The van der Waals surface area contributed by atoms with Crippen LogP contribution in [0.1, 0.15) is 24.1 Å². The lowest BCUT2D eigenvalue weighted by molar-refractivity contribution is -0.136. The Hall–Kier alpha value is -2.20. The fraction of sp³-hybridized carbons (Fsp3) is 0.316. The first kappa shape index (κ1) is 16.7. The summed E-state index contributed by atoms with van der Waals surface area (Å²) >= 11 is 5.85. The highest BCUT2D eigenvalue weighted by atomic mass is 35.5. The predicted octanol–water partition coefficient (Wildman–Crippen LogP) is 3.87. The molecule has 0 aliphatic carbocycles. The standard InChI is InChI=1S/C19H20ClNO3/c1-13-18-11-17(23-2)6-3-14(18)9-10-21(13)19(22)12-24-16-7-4-15(20)5-8-16/h3-8,11,13H,9-10,12H2,1-2H3. The van der Waals surface area contributed by atoms with E-state index < -0.39 is 0 Å². The molecule has 4 nitrogen and oxygen atoms in total. The number of rotatable bonds is 4. The molecule has 126 valence electrons. The van der Waals surface area contributed by atoms with E-state index in [1.165, 1.54) is 5.56 Å². The van der Waals surface area contributed by atoms with Gasteiger partial charge in [0, 0.05) is 11.6 Å². The van der Waals surface area contributed by atoms with Crippen molar-refractivity contribution in [1.82, 2.24) is 4.90 Å². The second kappa shape index (κ2) is 7.14. The van der Waals surface area contributed by atoms with Crippen molar-refractivity contribution in [1.29, 1.82) is 0 Å². The first-order chi connectivity index (χ1) is 11.6. The number of nitrogens with zero attached hydrogens (tertiary/aromatic N) is 1. The number of fused-ring (bicyclic) bond motifs is 1. The summed E-state index contributed by atoms with van der Waals surface area (Å²) in [4.78, 5) is 14.4. The minimum absolute atomic E-state index is 0.00479. The number of carbonyl (C=O) groups is 1. The molecular weight excluding hydrogens is 326 g/mol. The van der Waals surface area contributed by atoms with Crippen LogP contribution in [0.5, 0.6) is 11.5 Å². The van der Waals surface area contributed by atoms with Gasteiger partial charge in [0.2, 0.25) is 0 Å². The Morgan fingerprint density at radius 3 is 2.62 bits per heavy atom. The van der Waals surface area contributed by atoms with Gasteiger partial charge in [0.1, 0.15) is 11.5 Å². The summed E-state index contributed by atoms with van der Waals surface area (Å²) < 4.78 is 10.9. The van der Waals surface area contributed by atoms with Gasteiger partial charge in [0.25, 0.3) is 5.91 Å². The van der Waals surface area contributed by atoms with Gasteiger partial charge in [-0.05, 0) is 60.9 Å². The van der Waals surface area contributed by atoms with Crippen LogP contribution in [-0.4, -0.2) is 31.1 Å². The molecule has 1 heterocycles. The van der Waals surface area contributed by atoms with E-state index in [4.69, 9.17) is 21.1 Å². The van der Waals surface area contributed by atoms with Crippen LogP contribution in [0.4, 0.5) is 0 Å². The molecule has 2 aromatic rings. The van der Waals surface area contributed by atoms with Crippen LogP contribution < -0.4 is 9.47 Å². The second-order valence-corrected chi connectivity index (χ2v) is 6.26. The molecule has 0 N–H and O–H groups in total. The van der Waals surface area contributed by atoms with E-state index in [1.807, 2.05) is 24.0 Å². The van der Waals surface area contributed by atoms with E-state index in [9.17, 15) is 4.79 Å². The number of hydrogen-bond acceptors (Lipinski definition) is 3. The molecular formula is C19H20ClNO3. The molecule has 1 aliphatic heterocycles. The molecule has 0 saturated carbocycles. The number of amides is 1. The fourth-order valence-corrected chi connectivity index (χ4v) is 3.14. The molecule has 1 amide bonds. The maximum Gasteiger partial charge on any atom is 0.261 e. The Morgan fingerprint density at radius 2 is 1.92 bits per heavy atom. The van der Waals surface area contributed by atoms with Gasteiger partial charge in [0.15, 0.2) is 6.61 Å². The zero-order chi connectivity index (χ0) is 17.1. The molecule has 0 saturated heterocycles. The first-order valence-electron chi connectivity index (χ1n) is 7.93. The van der Waals surface area contributed by atoms with Gasteiger partial charge in [-0.2, -0.15) is 0 Å². The minimum atomic E-state index is -0.0223. The highest BCUT2D eigenvalue weighted by Gasteiger charge is 2.28. The summed E-state index contributed by atoms with van der Waals surface area (Å²) in [6.45, 7) is 2.76. The lowest BCUT2D eigenvalue weighted by Crippen LogP contribution is -2.41. The molecule has 1 aliphatic rings. The van der Waals surface area contributed by atoms with Crippen molar-refractivity contribution >= 4 is 17.5 Å². The van der Waals surface area contributed by atoms with Crippen molar-refractivity contribution in [3.05, 3.63) is 58.6 Å². The van der Waals surface area contributed by atoms with Gasteiger partial charge >= 0.3 is 0 Å². The van der Waals surface area contributed by atoms with Crippen LogP contribution in [0.25, 0.3) is 0 Å². The molecule has 2 aromatic carbocycles. The molecule has 0 radical (unpaired) electrons. The van der Waals surface area contributed by atoms with Crippen molar-refractivity contribution in [2.24, 2.45) is 0 Å². The lowest BCUT2D eigenvalue weighted by atomic mass is 9.93. The monoisotopic (exact) mass is 345 g/mol. The van der Waals surface area contributed by atoms with Crippen LogP contribution in [0.15, 0.2) is 42.5 Å². The molecule has 0 bridgehead atoms. The van der Waals surface area contributed by atoms with Gasteiger partial charge in [-0.3, -0.25) is 4.79 Å². The van der Waals surface area contributed by atoms with Crippen LogP contribution in [0.2, 0.25) is 5.02 Å². The summed E-state index contributed by atoms with van der Waals surface area (Å²) in [7, 11) is 1.65. The minimum Gasteiger partial charge on any atom is -0.497 e. The number of carbonyl (C=O) groups excluding carboxylic acids is 1. The Morgan fingerprint density at radius 1 is 1.21 bits per heavy atom. The fourth-order valence-electron chi connectivity index (χ4n) is 3.02. The van der Waals surface area contributed by atoms with Crippen molar-refractivity contribution in [2.45, 2.75) is 19.4 Å². The van der Waals surface area contributed by atoms with Crippen LogP contribution in [0.3, 0.4) is 0 Å². The summed E-state index contributed by atoms with van der Waals surface area (Å²) in [5.74, 6) is 1.43. The first-order valence-corrected chi connectivity index (χ1v) is 8.31. The van der Waals surface area contributed by atoms with Gasteiger partial charge in [-0.15, -0.1) is 0 Å². The summed E-state index contributed by atoms with van der Waals surface area (Å²) in [5.41, 5.74) is 2.41. The number of ether oxygens (including phenoxy) is 2. The molecule has 3 rings (SSSR count). The largest absolute Gasteiger partial charge is 0.497 e. The number of methoxy groups -OCH3 is 1. The number of benzene rings is 2. The average Bonchev–Trinajstić information content (AvgIpc) is 2.61. The third-order valence-corrected chi connectivity index (χ3v) is 4.64. The third-order valence-electron chi connectivity index (χ3n) is 4.39. The predicted molar refractivity (Wildman–Crippen MR) is 93.8 cm³/mol. The molecule has 5 heteroatoms. The maximum absolute atomic E-state index is 12.6. The SMILES string of the molecule is COc1ccc2c(c1)C(C)N(C(=O)COc1ccc(Cl)cc1)CC2. The van der Waals surface area contributed by atoms with E-state index in [-0.39, 0.29) is 18.6 Å². The third kappa shape index (κ3) is 3.49.